The standard InChI is InChI=1S/C8H18O.C4H10O/c1-5-8(9,6-2)7(3)4;1-4(2,3)5/h7,9H,5-6H2,1-4H3;5H,1-3H3. The first-order chi connectivity index (χ1) is 6.06. The summed E-state index contributed by atoms with van der Waals surface area (Å²) in [4.78, 5) is 0. The molecule has 0 saturated carbocycles. The molecule has 0 radical (unpaired) electrons. The summed E-state index contributed by atoms with van der Waals surface area (Å²) in [6, 6.07) is 0. The second kappa shape index (κ2) is 6.41. The van der Waals surface area contributed by atoms with Gasteiger partial charge in [-0.25, -0.2) is 0 Å². The Morgan fingerprint density at radius 1 is 0.929 bits per heavy atom. The van der Waals surface area contributed by atoms with Gasteiger partial charge in [-0.15, -0.1) is 0 Å². The molecule has 0 aromatic heterocycles. The summed E-state index contributed by atoms with van der Waals surface area (Å²) >= 11 is 0. The van der Waals surface area contributed by atoms with Crippen LogP contribution in [0.2, 0.25) is 0 Å². The molecule has 0 bridgehead atoms. The maximum absolute atomic E-state index is 9.71. The predicted molar refractivity (Wildman–Crippen MR) is 62.3 cm³/mol. The lowest BCUT2D eigenvalue weighted by atomic mass is 9.86. The molecule has 2 nitrogen and oxygen atoms in total. The van der Waals surface area contributed by atoms with Gasteiger partial charge in [0, 0.05) is 0 Å². The third-order valence-electron chi connectivity index (χ3n) is 2.30. The zero-order chi connectivity index (χ0) is 12.0. The van der Waals surface area contributed by atoms with Crippen molar-refractivity contribution < 1.29 is 10.2 Å². The monoisotopic (exact) mass is 204 g/mol. The third kappa shape index (κ3) is 10.0. The SMILES string of the molecule is CC(C)(C)O.CCC(O)(CC)C(C)C. The minimum Gasteiger partial charge on any atom is -0.391 e. The Kier molecular flexibility index (Phi) is 7.49. The van der Waals surface area contributed by atoms with Gasteiger partial charge in [0.05, 0.1) is 11.2 Å². The van der Waals surface area contributed by atoms with Crippen molar-refractivity contribution >= 4 is 0 Å². The molecule has 0 unspecified atom stereocenters. The van der Waals surface area contributed by atoms with Crippen LogP contribution in [0.4, 0.5) is 0 Å². The summed E-state index contributed by atoms with van der Waals surface area (Å²) < 4.78 is 0. The molecule has 88 valence electrons. The van der Waals surface area contributed by atoms with E-state index in [2.05, 4.69) is 13.8 Å². The first kappa shape index (κ1) is 16.4. The van der Waals surface area contributed by atoms with Crippen LogP contribution >= 0.6 is 0 Å². The van der Waals surface area contributed by atoms with Crippen LogP contribution in [0.1, 0.15) is 61.3 Å². The van der Waals surface area contributed by atoms with Crippen molar-refractivity contribution in [3.63, 3.8) is 0 Å². The summed E-state index contributed by atoms with van der Waals surface area (Å²) in [6.45, 7) is 13.4. The quantitative estimate of drug-likeness (QED) is 0.742. The molecular formula is C12H28O2. The predicted octanol–water partition coefficient (Wildman–Crippen LogP) is 2.97. The van der Waals surface area contributed by atoms with E-state index in [0.717, 1.165) is 12.8 Å². The molecular weight excluding hydrogens is 176 g/mol. The van der Waals surface area contributed by atoms with E-state index in [1.165, 1.54) is 0 Å². The third-order valence-corrected chi connectivity index (χ3v) is 2.30. The Labute approximate surface area is 89.3 Å². The Balaban J connectivity index is 0. The molecule has 0 heterocycles. The molecule has 0 aromatic rings. The number of hydrogen-bond donors (Lipinski definition) is 2. The van der Waals surface area contributed by atoms with E-state index in [1.54, 1.807) is 20.8 Å². The van der Waals surface area contributed by atoms with Gasteiger partial charge in [0.2, 0.25) is 0 Å². The van der Waals surface area contributed by atoms with E-state index >= 15 is 0 Å². The van der Waals surface area contributed by atoms with Crippen molar-refractivity contribution in [2.45, 2.75) is 72.5 Å². The van der Waals surface area contributed by atoms with Crippen LogP contribution in [0.3, 0.4) is 0 Å². The summed E-state index contributed by atoms with van der Waals surface area (Å²) in [7, 11) is 0. The molecule has 0 aliphatic rings. The van der Waals surface area contributed by atoms with Gasteiger partial charge in [-0.05, 0) is 39.5 Å². The summed E-state index contributed by atoms with van der Waals surface area (Å²) in [5, 5.41) is 18.2. The molecule has 0 rings (SSSR count). The summed E-state index contributed by atoms with van der Waals surface area (Å²) in [5.74, 6) is 0.382. The first-order valence-electron chi connectivity index (χ1n) is 5.51. The minimum absolute atomic E-state index is 0.382. The average molecular weight is 204 g/mol. The molecule has 0 aromatic carbocycles. The molecule has 0 spiro atoms. The Bertz CT molecular complexity index is 124. The van der Waals surface area contributed by atoms with Gasteiger partial charge in [0.1, 0.15) is 0 Å². The van der Waals surface area contributed by atoms with Gasteiger partial charge in [-0.2, -0.15) is 0 Å². The van der Waals surface area contributed by atoms with Crippen LogP contribution in [0, 0.1) is 5.92 Å². The Morgan fingerprint density at radius 3 is 1.14 bits per heavy atom. The molecule has 0 aliphatic heterocycles. The highest BCUT2D eigenvalue weighted by Gasteiger charge is 2.25. The van der Waals surface area contributed by atoms with Crippen molar-refractivity contribution in [1.82, 2.24) is 0 Å². The average Bonchev–Trinajstić information content (AvgIpc) is 1.99. The molecule has 0 atom stereocenters. The van der Waals surface area contributed by atoms with Crippen LogP contribution in [-0.4, -0.2) is 21.4 Å². The molecule has 0 aliphatic carbocycles. The normalized spacial score (nSPS) is 12.4. The fourth-order valence-corrected chi connectivity index (χ4v) is 1.07. The van der Waals surface area contributed by atoms with Crippen molar-refractivity contribution in [2.24, 2.45) is 5.92 Å². The van der Waals surface area contributed by atoms with E-state index < -0.39 is 11.2 Å². The van der Waals surface area contributed by atoms with E-state index in [-0.39, 0.29) is 0 Å². The van der Waals surface area contributed by atoms with Gasteiger partial charge in [-0.3, -0.25) is 0 Å². The minimum atomic E-state index is -0.500. The van der Waals surface area contributed by atoms with Gasteiger partial charge in [0.25, 0.3) is 0 Å². The van der Waals surface area contributed by atoms with Crippen molar-refractivity contribution in [3.05, 3.63) is 0 Å². The van der Waals surface area contributed by atoms with Gasteiger partial charge < -0.3 is 10.2 Å². The van der Waals surface area contributed by atoms with E-state index in [1.807, 2.05) is 13.8 Å². The molecule has 0 fully saturated rings. The van der Waals surface area contributed by atoms with Gasteiger partial charge in [0.15, 0.2) is 0 Å². The molecule has 2 heteroatoms. The van der Waals surface area contributed by atoms with Crippen LogP contribution in [0.15, 0.2) is 0 Å². The second-order valence-corrected chi connectivity index (χ2v) is 5.14. The van der Waals surface area contributed by atoms with Crippen molar-refractivity contribution in [1.29, 1.82) is 0 Å². The fourth-order valence-electron chi connectivity index (χ4n) is 1.07. The zero-order valence-corrected chi connectivity index (χ0v) is 10.9. The lowest BCUT2D eigenvalue weighted by Gasteiger charge is -2.29. The smallest absolute Gasteiger partial charge is 0.0665 e. The van der Waals surface area contributed by atoms with Crippen molar-refractivity contribution in [3.8, 4) is 0 Å². The highest BCUT2D eigenvalue weighted by atomic mass is 16.3. The van der Waals surface area contributed by atoms with E-state index in [9.17, 15) is 5.11 Å². The lowest BCUT2D eigenvalue weighted by molar-refractivity contribution is -0.0121. The van der Waals surface area contributed by atoms with Gasteiger partial charge in [-0.1, -0.05) is 27.7 Å². The highest BCUT2D eigenvalue weighted by molar-refractivity contribution is 4.77. The number of rotatable bonds is 3. The van der Waals surface area contributed by atoms with Crippen LogP contribution in [-0.2, 0) is 0 Å². The fraction of sp³-hybridized carbons (Fsp3) is 1.00. The Morgan fingerprint density at radius 2 is 1.14 bits per heavy atom. The Hall–Kier alpha value is -0.0800. The first-order valence-corrected chi connectivity index (χ1v) is 5.51. The highest BCUT2D eigenvalue weighted by Crippen LogP contribution is 2.23. The largest absolute Gasteiger partial charge is 0.391 e. The maximum Gasteiger partial charge on any atom is 0.0665 e. The molecule has 0 saturated heterocycles. The van der Waals surface area contributed by atoms with Crippen molar-refractivity contribution in [2.75, 3.05) is 0 Å². The van der Waals surface area contributed by atoms with E-state index in [4.69, 9.17) is 5.11 Å². The molecule has 0 amide bonds. The number of aliphatic hydroxyl groups is 2. The summed E-state index contributed by atoms with van der Waals surface area (Å²) in [6.07, 6.45) is 1.72. The maximum atomic E-state index is 9.71. The molecule has 2 N–H and O–H groups in total. The topological polar surface area (TPSA) is 40.5 Å². The van der Waals surface area contributed by atoms with Crippen LogP contribution in [0.25, 0.3) is 0 Å². The number of hydrogen-bond acceptors (Lipinski definition) is 2. The zero-order valence-electron chi connectivity index (χ0n) is 10.9. The van der Waals surface area contributed by atoms with Crippen LogP contribution < -0.4 is 0 Å². The summed E-state index contributed by atoms with van der Waals surface area (Å²) in [5.41, 5.74) is -0.917. The van der Waals surface area contributed by atoms with E-state index in [0.29, 0.717) is 5.92 Å². The lowest BCUT2D eigenvalue weighted by Crippen LogP contribution is -2.32. The van der Waals surface area contributed by atoms with Gasteiger partial charge >= 0.3 is 0 Å². The second-order valence-electron chi connectivity index (χ2n) is 5.14. The molecule has 14 heavy (non-hydrogen) atoms. The van der Waals surface area contributed by atoms with Crippen LogP contribution in [0.5, 0.6) is 0 Å².